The van der Waals surface area contributed by atoms with Crippen LogP contribution >= 0.6 is 0 Å². The lowest BCUT2D eigenvalue weighted by molar-refractivity contribution is 0.202. The molecule has 2 aliphatic heterocycles. The molecule has 1 atom stereocenters. The Balaban J connectivity index is 1.05. The van der Waals surface area contributed by atoms with Crippen LogP contribution in [0.4, 0.5) is 10.2 Å². The number of benzene rings is 2. The number of likely N-dealkylation sites (tertiary alicyclic amines) is 1. The van der Waals surface area contributed by atoms with Crippen molar-refractivity contribution in [3.63, 3.8) is 0 Å². The number of hydrogen-bond donors (Lipinski definition) is 1. The van der Waals surface area contributed by atoms with Crippen LogP contribution in [0.2, 0.25) is 0 Å². The minimum absolute atomic E-state index is 0.0914. The first-order valence-corrected chi connectivity index (χ1v) is 14.5. The summed E-state index contributed by atoms with van der Waals surface area (Å²) < 4.78 is 26.6. The summed E-state index contributed by atoms with van der Waals surface area (Å²) in [5.41, 5.74) is 3.13. The fourth-order valence-electron chi connectivity index (χ4n) is 6.82. The molecule has 2 aromatic carbocycles. The average Bonchev–Trinajstić information content (AvgIpc) is 3.80. The van der Waals surface area contributed by atoms with Gasteiger partial charge in [0.1, 0.15) is 12.1 Å². The third kappa shape index (κ3) is 5.20. The number of H-pyrrole nitrogens is 1. The Labute approximate surface area is 238 Å². The molecule has 2 saturated heterocycles. The highest BCUT2D eigenvalue weighted by atomic mass is 19.1. The van der Waals surface area contributed by atoms with Gasteiger partial charge in [0.2, 0.25) is 0 Å². The highest BCUT2D eigenvalue weighted by Gasteiger charge is 2.44. The number of nitrogens with zero attached hydrogens (tertiary/aromatic N) is 5. The summed E-state index contributed by atoms with van der Waals surface area (Å²) in [5, 5.41) is 10.4. The van der Waals surface area contributed by atoms with Gasteiger partial charge in [-0.05, 0) is 74.9 Å². The molecule has 9 heteroatoms. The quantitative estimate of drug-likeness (QED) is 0.293. The van der Waals surface area contributed by atoms with E-state index in [1.807, 2.05) is 18.2 Å². The van der Waals surface area contributed by atoms with Crippen molar-refractivity contribution in [1.82, 2.24) is 19.9 Å². The van der Waals surface area contributed by atoms with Crippen LogP contribution in [0.1, 0.15) is 49.7 Å². The number of aromatic nitrogens is 3. The second kappa shape index (κ2) is 10.7. The molecule has 41 heavy (non-hydrogen) atoms. The van der Waals surface area contributed by atoms with Crippen molar-refractivity contribution >= 4 is 16.7 Å². The monoisotopic (exact) mass is 552 g/mol. The van der Waals surface area contributed by atoms with Crippen LogP contribution in [0, 0.1) is 22.6 Å². The molecule has 2 aromatic heterocycles. The number of nitrogens with one attached hydrogen (secondary N) is 1. The minimum atomic E-state index is -0.346. The average molecular weight is 553 g/mol. The second-order valence-electron chi connectivity index (χ2n) is 11.7. The van der Waals surface area contributed by atoms with Crippen LogP contribution in [-0.4, -0.2) is 52.1 Å². The minimum Gasteiger partial charge on any atom is -0.486 e. The molecule has 3 aliphatic rings. The fraction of sp³-hybridized carbons (Fsp3) is 0.406. The van der Waals surface area contributed by atoms with Gasteiger partial charge >= 0.3 is 0 Å². The molecule has 4 aromatic rings. The Morgan fingerprint density at radius 2 is 1.93 bits per heavy atom. The van der Waals surface area contributed by atoms with E-state index in [4.69, 9.17) is 9.47 Å². The Morgan fingerprint density at radius 1 is 1.05 bits per heavy atom. The van der Waals surface area contributed by atoms with Crippen molar-refractivity contribution in [3.05, 3.63) is 72.1 Å². The number of anilines is 1. The van der Waals surface area contributed by atoms with Gasteiger partial charge in [0.15, 0.2) is 23.1 Å². The maximum atomic E-state index is 14.1. The fourth-order valence-corrected chi connectivity index (χ4v) is 6.82. The Bertz CT molecular complexity index is 1610. The number of nitriles is 1. The van der Waals surface area contributed by atoms with Gasteiger partial charge in [0, 0.05) is 54.8 Å². The molecule has 1 unspecified atom stereocenters. The van der Waals surface area contributed by atoms with Crippen LogP contribution in [0.5, 0.6) is 17.2 Å². The zero-order valence-electron chi connectivity index (χ0n) is 23.0. The number of ether oxygens (including phenoxy) is 2. The summed E-state index contributed by atoms with van der Waals surface area (Å²) >= 11 is 0. The molecule has 0 bridgehead atoms. The number of halogens is 1. The van der Waals surface area contributed by atoms with Gasteiger partial charge in [-0.15, -0.1) is 0 Å². The van der Waals surface area contributed by atoms with E-state index in [2.05, 4.69) is 37.0 Å². The molecule has 1 aliphatic carbocycles. The predicted octanol–water partition coefficient (Wildman–Crippen LogP) is 6.18. The maximum Gasteiger partial charge on any atom is 0.188 e. The summed E-state index contributed by atoms with van der Waals surface area (Å²) in [6.07, 6.45) is 11.8. The lowest BCUT2D eigenvalue weighted by Crippen LogP contribution is -2.31. The summed E-state index contributed by atoms with van der Waals surface area (Å²) in [6, 6.07) is 12.5. The number of rotatable bonds is 7. The van der Waals surface area contributed by atoms with Crippen molar-refractivity contribution in [2.45, 2.75) is 51.2 Å². The van der Waals surface area contributed by atoms with Crippen molar-refractivity contribution in [3.8, 4) is 23.3 Å². The number of fused-ring (bicyclic) bond motifs is 1. The van der Waals surface area contributed by atoms with E-state index in [0.29, 0.717) is 22.8 Å². The van der Waals surface area contributed by atoms with Crippen LogP contribution in [0.15, 0.2) is 55.1 Å². The van der Waals surface area contributed by atoms with E-state index in [-0.39, 0.29) is 17.3 Å². The molecule has 7 rings (SSSR count). The molecule has 1 spiro atoms. The smallest absolute Gasteiger partial charge is 0.188 e. The molecule has 4 heterocycles. The van der Waals surface area contributed by atoms with Crippen molar-refractivity contribution in [1.29, 1.82) is 5.26 Å². The van der Waals surface area contributed by atoms with Crippen LogP contribution in [0.3, 0.4) is 0 Å². The van der Waals surface area contributed by atoms with E-state index in [0.717, 1.165) is 82.6 Å². The molecule has 210 valence electrons. The Hall–Kier alpha value is -4.16. The Morgan fingerprint density at radius 3 is 2.80 bits per heavy atom. The first-order valence-electron chi connectivity index (χ1n) is 14.5. The molecular weight excluding hydrogens is 519 g/mol. The first kappa shape index (κ1) is 25.8. The predicted molar refractivity (Wildman–Crippen MR) is 154 cm³/mol. The zero-order chi connectivity index (χ0) is 27.8. The van der Waals surface area contributed by atoms with Gasteiger partial charge in [0.05, 0.1) is 23.9 Å². The highest BCUT2D eigenvalue weighted by molar-refractivity contribution is 5.84. The lowest BCUT2D eigenvalue weighted by Gasteiger charge is -2.26. The van der Waals surface area contributed by atoms with E-state index in [1.54, 1.807) is 18.6 Å². The molecule has 0 amide bonds. The normalized spacial score (nSPS) is 21.2. The molecule has 0 radical (unpaired) electrons. The van der Waals surface area contributed by atoms with Gasteiger partial charge in [-0.3, -0.25) is 4.90 Å². The van der Waals surface area contributed by atoms with Crippen molar-refractivity contribution in [2.75, 3.05) is 31.1 Å². The molecule has 1 N–H and O–H groups in total. The topological polar surface area (TPSA) is 90.3 Å². The van der Waals surface area contributed by atoms with Crippen LogP contribution < -0.4 is 14.4 Å². The largest absolute Gasteiger partial charge is 0.486 e. The van der Waals surface area contributed by atoms with Crippen molar-refractivity contribution < 1.29 is 13.9 Å². The van der Waals surface area contributed by atoms with Gasteiger partial charge < -0.3 is 19.4 Å². The van der Waals surface area contributed by atoms with Gasteiger partial charge in [-0.2, -0.15) is 5.26 Å². The zero-order valence-corrected chi connectivity index (χ0v) is 23.0. The van der Waals surface area contributed by atoms with Crippen molar-refractivity contribution in [2.24, 2.45) is 5.41 Å². The maximum absolute atomic E-state index is 14.1. The van der Waals surface area contributed by atoms with E-state index in [9.17, 15) is 9.65 Å². The summed E-state index contributed by atoms with van der Waals surface area (Å²) in [7, 11) is 0. The molecule has 1 saturated carbocycles. The van der Waals surface area contributed by atoms with Gasteiger partial charge in [-0.1, -0.05) is 6.07 Å². The number of aromatic amines is 1. The Kier molecular flexibility index (Phi) is 6.71. The van der Waals surface area contributed by atoms with Crippen LogP contribution in [0.25, 0.3) is 10.9 Å². The van der Waals surface area contributed by atoms with Gasteiger partial charge in [-0.25, -0.2) is 14.4 Å². The molecular formula is C32H33FN6O2. The lowest BCUT2D eigenvalue weighted by atomic mass is 9.86. The van der Waals surface area contributed by atoms with E-state index >= 15 is 0 Å². The summed E-state index contributed by atoms with van der Waals surface area (Å²) in [6.45, 7) is 4.72. The second-order valence-corrected chi connectivity index (χ2v) is 11.7. The summed E-state index contributed by atoms with van der Waals surface area (Å²) in [5.74, 6) is 1.88. The third-order valence-electron chi connectivity index (χ3n) is 8.93. The third-order valence-corrected chi connectivity index (χ3v) is 8.93. The number of hydrogen-bond acceptors (Lipinski definition) is 7. The first-order chi connectivity index (χ1) is 20.1. The molecule has 8 nitrogen and oxygen atoms in total. The summed E-state index contributed by atoms with van der Waals surface area (Å²) in [4.78, 5) is 17.0. The standard InChI is InChI=1S/C32H33FN6O2/c33-24-6-8-28(29(14-24)40-25-3-1-2-4-25)41-30-17-35-21-37-31(30)39-12-10-32(20-39)9-11-38(19-32)18-23-16-36-27-13-22(15-34)5-7-26(23)27/h5-8,13-14,16-17,21,25,36H,1-4,9-12,18-20H2. The van der Waals surface area contributed by atoms with E-state index in [1.165, 1.54) is 23.1 Å². The SMILES string of the molecule is N#Cc1ccc2c(CN3CCC4(CCN(c5ncncc5Oc5ccc(F)cc5OC5CCCC5)C4)C3)c[nH]c2c1. The molecule has 3 fully saturated rings. The van der Waals surface area contributed by atoms with Gasteiger partial charge in [0.25, 0.3) is 0 Å². The van der Waals surface area contributed by atoms with E-state index < -0.39 is 0 Å². The van der Waals surface area contributed by atoms with Crippen LogP contribution in [-0.2, 0) is 6.54 Å². The highest BCUT2D eigenvalue weighted by Crippen LogP contribution is 2.44.